The molecule has 1 unspecified atom stereocenters. The Bertz CT molecular complexity index is 365. The van der Waals surface area contributed by atoms with E-state index in [1.165, 1.54) is 19.1 Å². The highest BCUT2D eigenvalue weighted by Crippen LogP contribution is 2.21. The lowest BCUT2D eigenvalue weighted by molar-refractivity contribution is -0.138. The molecule has 1 N–H and O–H groups in total. The van der Waals surface area contributed by atoms with Crippen LogP contribution in [0, 0.1) is 0 Å². The van der Waals surface area contributed by atoms with Crippen molar-refractivity contribution in [3.05, 3.63) is 30.3 Å². The number of benzene rings is 1. The average molecular weight is 247 g/mol. The fourth-order valence-corrected chi connectivity index (χ4v) is 1.22. The van der Waals surface area contributed by atoms with Gasteiger partial charge in [0.2, 0.25) is 0 Å². The van der Waals surface area contributed by atoms with E-state index in [2.05, 4.69) is 5.32 Å². The van der Waals surface area contributed by atoms with Crippen LogP contribution in [0.1, 0.15) is 13.3 Å². The van der Waals surface area contributed by atoms with Crippen LogP contribution in [-0.2, 0) is 0 Å². The molecule has 1 aromatic rings. The molecule has 0 heterocycles. The zero-order valence-electron chi connectivity index (χ0n) is 9.12. The predicted molar refractivity (Wildman–Crippen MR) is 55.7 cm³/mol. The summed E-state index contributed by atoms with van der Waals surface area (Å²) in [5.74, 6) is 0.282. The Morgan fingerprint density at radius 2 is 1.94 bits per heavy atom. The van der Waals surface area contributed by atoms with E-state index in [1.807, 2.05) is 0 Å². The van der Waals surface area contributed by atoms with Crippen LogP contribution in [0.5, 0.6) is 5.75 Å². The van der Waals surface area contributed by atoms with Crippen LogP contribution in [-0.4, -0.2) is 18.3 Å². The fraction of sp³-hybridized carbons (Fsp3) is 0.364. The van der Waals surface area contributed by atoms with Crippen molar-refractivity contribution in [1.82, 2.24) is 5.32 Å². The van der Waals surface area contributed by atoms with Gasteiger partial charge in [0.15, 0.2) is 0 Å². The lowest BCUT2D eigenvalue weighted by Crippen LogP contribution is -2.37. The maximum Gasteiger partial charge on any atom is 0.412 e. The number of alkyl halides is 3. The summed E-state index contributed by atoms with van der Waals surface area (Å²) < 4.78 is 40.8. The van der Waals surface area contributed by atoms with Crippen molar-refractivity contribution < 1.29 is 22.7 Å². The normalized spacial score (nSPS) is 12.9. The molecule has 1 rings (SSSR count). The fourth-order valence-electron chi connectivity index (χ4n) is 1.22. The van der Waals surface area contributed by atoms with Crippen LogP contribution in [0.2, 0.25) is 0 Å². The molecular formula is C11H12F3NO2. The van der Waals surface area contributed by atoms with Crippen molar-refractivity contribution in [3.8, 4) is 5.75 Å². The van der Waals surface area contributed by atoms with Crippen molar-refractivity contribution in [2.45, 2.75) is 25.6 Å². The van der Waals surface area contributed by atoms with E-state index in [1.54, 1.807) is 18.2 Å². The van der Waals surface area contributed by atoms with Gasteiger partial charge in [-0.1, -0.05) is 18.2 Å². The van der Waals surface area contributed by atoms with E-state index in [9.17, 15) is 18.0 Å². The zero-order chi connectivity index (χ0) is 12.9. The van der Waals surface area contributed by atoms with Crippen LogP contribution in [0.4, 0.5) is 18.0 Å². The smallest absolute Gasteiger partial charge is 0.410 e. The second-order valence-corrected chi connectivity index (χ2v) is 3.57. The van der Waals surface area contributed by atoms with Gasteiger partial charge in [0.05, 0.1) is 6.42 Å². The van der Waals surface area contributed by atoms with Gasteiger partial charge in [-0.15, -0.1) is 0 Å². The van der Waals surface area contributed by atoms with E-state index >= 15 is 0 Å². The Morgan fingerprint density at radius 3 is 2.47 bits per heavy atom. The molecule has 0 fully saturated rings. The second-order valence-electron chi connectivity index (χ2n) is 3.57. The van der Waals surface area contributed by atoms with Gasteiger partial charge in [0.25, 0.3) is 0 Å². The van der Waals surface area contributed by atoms with Gasteiger partial charge in [-0.2, -0.15) is 13.2 Å². The predicted octanol–water partition coefficient (Wildman–Crippen LogP) is 3.12. The van der Waals surface area contributed by atoms with E-state index in [-0.39, 0.29) is 5.75 Å². The molecule has 1 atom stereocenters. The Labute approximate surface area is 96.6 Å². The molecule has 6 heteroatoms. The molecule has 0 aromatic heterocycles. The maximum atomic E-state index is 12.0. The van der Waals surface area contributed by atoms with Gasteiger partial charge in [0, 0.05) is 6.04 Å². The summed E-state index contributed by atoms with van der Waals surface area (Å²) in [6.45, 7) is 1.26. The van der Waals surface area contributed by atoms with Crippen molar-refractivity contribution in [2.24, 2.45) is 0 Å². The molecule has 0 spiro atoms. The van der Waals surface area contributed by atoms with Crippen LogP contribution in [0.3, 0.4) is 0 Å². The lowest BCUT2D eigenvalue weighted by Gasteiger charge is -2.15. The summed E-state index contributed by atoms with van der Waals surface area (Å²) in [5, 5.41) is 2.10. The minimum absolute atomic E-state index is 0.282. The molecule has 17 heavy (non-hydrogen) atoms. The first kappa shape index (κ1) is 13.3. The molecule has 3 nitrogen and oxygen atoms in total. The molecular weight excluding hydrogens is 235 g/mol. The minimum atomic E-state index is -4.31. The second kappa shape index (κ2) is 5.56. The summed E-state index contributed by atoms with van der Waals surface area (Å²) in [6, 6.07) is 7.09. The molecule has 0 saturated heterocycles. The molecule has 1 amide bonds. The summed E-state index contributed by atoms with van der Waals surface area (Å²) in [5.41, 5.74) is 0. The van der Waals surface area contributed by atoms with Crippen LogP contribution >= 0.6 is 0 Å². The summed E-state index contributed by atoms with van der Waals surface area (Å²) in [7, 11) is 0. The third kappa shape index (κ3) is 5.79. The van der Waals surface area contributed by atoms with E-state index in [4.69, 9.17) is 4.74 Å². The van der Waals surface area contributed by atoms with Crippen molar-refractivity contribution in [3.63, 3.8) is 0 Å². The van der Waals surface area contributed by atoms with Crippen molar-refractivity contribution in [2.75, 3.05) is 0 Å². The van der Waals surface area contributed by atoms with Gasteiger partial charge in [0.1, 0.15) is 5.75 Å². The number of nitrogens with one attached hydrogen (secondary N) is 1. The van der Waals surface area contributed by atoms with Gasteiger partial charge < -0.3 is 10.1 Å². The highest BCUT2D eigenvalue weighted by Gasteiger charge is 2.30. The molecule has 0 radical (unpaired) electrons. The molecule has 0 aliphatic heterocycles. The standard InChI is InChI=1S/C11H12F3NO2/c1-8(7-11(12,13)14)15-10(16)17-9-5-3-2-4-6-9/h2-6,8H,7H2,1H3,(H,15,16). The Kier molecular flexibility index (Phi) is 4.37. The monoisotopic (exact) mass is 247 g/mol. The average Bonchev–Trinajstić information content (AvgIpc) is 2.15. The van der Waals surface area contributed by atoms with Crippen LogP contribution in [0.15, 0.2) is 30.3 Å². The van der Waals surface area contributed by atoms with Gasteiger partial charge in [-0.05, 0) is 19.1 Å². The number of amides is 1. The summed E-state index contributed by atoms with van der Waals surface area (Å²) in [6.07, 6.45) is -6.29. The minimum Gasteiger partial charge on any atom is -0.410 e. The number of carbonyl (C=O) groups excluding carboxylic acids is 1. The van der Waals surface area contributed by atoms with Gasteiger partial charge in [-0.3, -0.25) is 0 Å². The number of halogens is 3. The Hall–Kier alpha value is -1.72. The lowest BCUT2D eigenvalue weighted by atomic mass is 10.2. The van der Waals surface area contributed by atoms with Crippen molar-refractivity contribution >= 4 is 6.09 Å². The Balaban J connectivity index is 2.40. The number of hydrogen-bond donors (Lipinski definition) is 1. The topological polar surface area (TPSA) is 38.3 Å². The van der Waals surface area contributed by atoms with Crippen molar-refractivity contribution in [1.29, 1.82) is 0 Å². The quantitative estimate of drug-likeness (QED) is 0.891. The first-order chi connectivity index (χ1) is 7.87. The largest absolute Gasteiger partial charge is 0.412 e. The van der Waals surface area contributed by atoms with Crippen LogP contribution in [0.25, 0.3) is 0 Å². The third-order valence-corrected chi connectivity index (χ3v) is 1.86. The van der Waals surface area contributed by atoms with Gasteiger partial charge >= 0.3 is 12.3 Å². The molecule has 1 aromatic carbocycles. The van der Waals surface area contributed by atoms with Crippen LogP contribution < -0.4 is 10.1 Å². The maximum absolute atomic E-state index is 12.0. The molecule has 0 bridgehead atoms. The first-order valence-electron chi connectivity index (χ1n) is 4.97. The molecule has 0 aliphatic rings. The van der Waals surface area contributed by atoms with E-state index < -0.39 is 24.7 Å². The number of rotatable bonds is 3. The molecule has 0 aliphatic carbocycles. The SMILES string of the molecule is CC(CC(F)(F)F)NC(=O)Oc1ccccc1. The van der Waals surface area contributed by atoms with E-state index in [0.29, 0.717) is 0 Å². The third-order valence-electron chi connectivity index (χ3n) is 1.86. The van der Waals surface area contributed by atoms with Gasteiger partial charge in [-0.25, -0.2) is 4.79 Å². The summed E-state index contributed by atoms with van der Waals surface area (Å²) >= 11 is 0. The highest BCUT2D eigenvalue weighted by atomic mass is 19.4. The number of hydrogen-bond acceptors (Lipinski definition) is 2. The number of carbonyl (C=O) groups is 1. The highest BCUT2D eigenvalue weighted by molar-refractivity contribution is 5.70. The number of ether oxygens (including phenoxy) is 1. The summed E-state index contributed by atoms with van der Waals surface area (Å²) in [4.78, 5) is 11.2. The zero-order valence-corrected chi connectivity index (χ0v) is 9.12. The molecule has 94 valence electrons. The van der Waals surface area contributed by atoms with E-state index in [0.717, 1.165) is 0 Å². The molecule has 0 saturated carbocycles. The Morgan fingerprint density at radius 1 is 1.35 bits per heavy atom. The number of para-hydroxylation sites is 1. The first-order valence-corrected chi connectivity index (χ1v) is 4.97.